The quantitative estimate of drug-likeness (QED) is 0.199. The van der Waals surface area contributed by atoms with Crippen LogP contribution in [0.25, 0.3) is 0 Å². The Labute approximate surface area is 163 Å². The molecule has 0 saturated carbocycles. The summed E-state index contributed by atoms with van der Waals surface area (Å²) in [6, 6.07) is 7.50. The van der Waals surface area contributed by atoms with Gasteiger partial charge in [-0.2, -0.15) is 18.6 Å². The van der Waals surface area contributed by atoms with Crippen LogP contribution in [0.4, 0.5) is 17.1 Å². The predicted molar refractivity (Wildman–Crippen MR) is 98.6 cm³/mol. The molecule has 0 fully saturated rings. The van der Waals surface area contributed by atoms with Gasteiger partial charge in [-0.15, -0.1) is 0 Å². The Morgan fingerprint density at radius 1 is 1.21 bits per heavy atom. The summed E-state index contributed by atoms with van der Waals surface area (Å²) < 4.78 is 31.8. The van der Waals surface area contributed by atoms with Crippen molar-refractivity contribution in [3.8, 4) is 5.75 Å². The Bertz CT molecular complexity index is 1100. The van der Waals surface area contributed by atoms with Crippen molar-refractivity contribution in [3.63, 3.8) is 0 Å². The molecule has 2 aromatic carbocycles. The number of amides is 1. The molecule has 1 unspecified atom stereocenters. The van der Waals surface area contributed by atoms with Crippen molar-refractivity contribution >= 4 is 38.9 Å². The third-order valence-corrected chi connectivity index (χ3v) is 4.35. The van der Waals surface area contributed by atoms with Gasteiger partial charge < -0.3 is 10.4 Å². The standard InChI is InChI=1S/C16H14N4O8S/c1-9(21)14(16(23)17-10-5-3-2-4-6-10)19-18-12-7-11(20(24)25)8-13(15(12)22)29(26,27)28/h2-8,14,22H,1H3,(H,17,23)(H,26,27,28)/b19-18+. The lowest BCUT2D eigenvalue weighted by molar-refractivity contribution is -0.385. The lowest BCUT2D eigenvalue weighted by Gasteiger charge is -2.09. The van der Waals surface area contributed by atoms with Crippen molar-refractivity contribution in [2.45, 2.75) is 17.9 Å². The van der Waals surface area contributed by atoms with Gasteiger partial charge in [-0.3, -0.25) is 24.3 Å². The molecule has 0 aromatic heterocycles. The van der Waals surface area contributed by atoms with Crippen molar-refractivity contribution in [2.24, 2.45) is 10.2 Å². The molecule has 2 aromatic rings. The van der Waals surface area contributed by atoms with E-state index in [0.29, 0.717) is 17.8 Å². The summed E-state index contributed by atoms with van der Waals surface area (Å²) in [5, 5.41) is 30.2. The summed E-state index contributed by atoms with van der Waals surface area (Å²) in [5.74, 6) is -2.73. The van der Waals surface area contributed by atoms with Crippen LogP contribution in [0.15, 0.2) is 57.6 Å². The Balaban J connectivity index is 2.43. The van der Waals surface area contributed by atoms with Crippen LogP contribution in [0.2, 0.25) is 0 Å². The smallest absolute Gasteiger partial charge is 0.298 e. The average Bonchev–Trinajstić information content (AvgIpc) is 2.62. The van der Waals surface area contributed by atoms with Crippen LogP contribution in [0.1, 0.15) is 6.92 Å². The molecule has 0 radical (unpaired) electrons. The second-order valence-electron chi connectivity index (χ2n) is 5.63. The number of nitro benzene ring substituents is 1. The topological polar surface area (TPSA) is 189 Å². The fourth-order valence-electron chi connectivity index (χ4n) is 2.13. The van der Waals surface area contributed by atoms with E-state index in [-0.39, 0.29) is 0 Å². The minimum Gasteiger partial charge on any atom is -0.504 e. The van der Waals surface area contributed by atoms with E-state index in [1.165, 1.54) is 0 Å². The molecule has 0 heterocycles. The van der Waals surface area contributed by atoms with Gasteiger partial charge in [-0.05, 0) is 19.1 Å². The van der Waals surface area contributed by atoms with E-state index < -0.39 is 54.8 Å². The highest BCUT2D eigenvalue weighted by Gasteiger charge is 2.26. The minimum atomic E-state index is -5.03. The largest absolute Gasteiger partial charge is 0.504 e. The van der Waals surface area contributed by atoms with Crippen LogP contribution < -0.4 is 5.32 Å². The maximum Gasteiger partial charge on any atom is 0.298 e. The normalized spacial score (nSPS) is 12.5. The molecular weight excluding hydrogens is 408 g/mol. The van der Waals surface area contributed by atoms with Crippen LogP contribution in [0, 0.1) is 10.1 Å². The zero-order chi connectivity index (χ0) is 21.8. The molecule has 1 atom stereocenters. The number of nitrogens with zero attached hydrogens (tertiary/aromatic N) is 3. The molecule has 0 bridgehead atoms. The molecule has 0 saturated heterocycles. The number of non-ortho nitro benzene ring substituents is 1. The maximum atomic E-state index is 12.3. The van der Waals surface area contributed by atoms with E-state index in [1.54, 1.807) is 30.3 Å². The van der Waals surface area contributed by atoms with Crippen LogP contribution in [-0.2, 0) is 19.7 Å². The zero-order valence-corrected chi connectivity index (χ0v) is 15.5. The number of phenolic OH excluding ortho intramolecular Hbond substituents is 1. The number of ketones is 1. The predicted octanol–water partition coefficient (Wildman–Crippen LogP) is 2.23. The highest BCUT2D eigenvalue weighted by molar-refractivity contribution is 7.86. The second-order valence-corrected chi connectivity index (χ2v) is 7.02. The molecule has 0 aliphatic rings. The van der Waals surface area contributed by atoms with Gasteiger partial charge in [-0.25, -0.2) is 0 Å². The Morgan fingerprint density at radius 3 is 2.34 bits per heavy atom. The molecule has 0 aliphatic carbocycles. The highest BCUT2D eigenvalue weighted by Crippen LogP contribution is 2.37. The van der Waals surface area contributed by atoms with Gasteiger partial charge in [0.05, 0.1) is 4.92 Å². The van der Waals surface area contributed by atoms with Gasteiger partial charge in [0.15, 0.2) is 11.5 Å². The third-order valence-electron chi connectivity index (χ3n) is 3.48. The second kappa shape index (κ2) is 8.53. The van der Waals surface area contributed by atoms with E-state index in [9.17, 15) is 33.2 Å². The monoisotopic (exact) mass is 422 g/mol. The molecule has 3 N–H and O–H groups in total. The molecule has 12 nitrogen and oxygen atoms in total. The first-order chi connectivity index (χ1) is 13.5. The molecule has 2 rings (SSSR count). The number of nitro groups is 1. The summed E-state index contributed by atoms with van der Waals surface area (Å²) in [4.78, 5) is 32.8. The van der Waals surface area contributed by atoms with Crippen molar-refractivity contribution in [2.75, 3.05) is 5.32 Å². The summed E-state index contributed by atoms with van der Waals surface area (Å²) in [7, 11) is -5.03. The number of Topliss-reactive ketones (excluding diaryl/α,β-unsaturated/α-hetero) is 1. The average molecular weight is 422 g/mol. The number of carbonyl (C=O) groups is 2. The molecule has 1 amide bonds. The Kier molecular flexibility index (Phi) is 6.35. The number of hydrogen-bond donors (Lipinski definition) is 3. The van der Waals surface area contributed by atoms with Gasteiger partial charge >= 0.3 is 0 Å². The van der Waals surface area contributed by atoms with Gasteiger partial charge in [0, 0.05) is 17.8 Å². The first-order valence-electron chi connectivity index (χ1n) is 7.77. The SMILES string of the molecule is CC(=O)C(/N=N/c1cc([N+](=O)[O-])cc(S(=O)(=O)O)c1O)C(=O)Nc1ccccc1. The Morgan fingerprint density at radius 2 is 1.83 bits per heavy atom. The fraction of sp³-hybridized carbons (Fsp3) is 0.125. The summed E-state index contributed by atoms with van der Waals surface area (Å²) in [6.07, 6.45) is 0. The van der Waals surface area contributed by atoms with Crippen LogP contribution in [-0.4, -0.2) is 40.7 Å². The number of rotatable bonds is 7. The maximum absolute atomic E-state index is 12.3. The number of hydrogen-bond acceptors (Lipinski definition) is 9. The molecule has 29 heavy (non-hydrogen) atoms. The number of anilines is 1. The third kappa shape index (κ3) is 5.40. The lowest BCUT2D eigenvalue weighted by atomic mass is 10.2. The van der Waals surface area contributed by atoms with E-state index in [0.717, 1.165) is 6.92 Å². The molecule has 13 heteroatoms. The van der Waals surface area contributed by atoms with E-state index >= 15 is 0 Å². The minimum absolute atomic E-state index is 0.366. The zero-order valence-electron chi connectivity index (χ0n) is 14.7. The van der Waals surface area contributed by atoms with Gasteiger partial charge in [0.25, 0.3) is 21.7 Å². The Hall–Kier alpha value is -3.71. The van der Waals surface area contributed by atoms with Crippen molar-refractivity contribution < 1.29 is 32.6 Å². The molecule has 0 spiro atoms. The molecular formula is C16H14N4O8S. The van der Waals surface area contributed by atoms with E-state index in [2.05, 4.69) is 15.5 Å². The number of carbonyl (C=O) groups excluding carboxylic acids is 2. The van der Waals surface area contributed by atoms with Gasteiger partial charge in [-0.1, -0.05) is 18.2 Å². The summed E-state index contributed by atoms with van der Waals surface area (Å²) >= 11 is 0. The van der Waals surface area contributed by atoms with Crippen molar-refractivity contribution in [3.05, 3.63) is 52.6 Å². The highest BCUT2D eigenvalue weighted by atomic mass is 32.2. The van der Waals surface area contributed by atoms with E-state index in [1.807, 2.05) is 0 Å². The fourth-order valence-corrected chi connectivity index (χ4v) is 2.75. The number of phenols is 1. The first kappa shape index (κ1) is 21.6. The number of aromatic hydroxyl groups is 1. The summed E-state index contributed by atoms with van der Waals surface area (Å²) in [5.41, 5.74) is -1.19. The van der Waals surface area contributed by atoms with Crippen LogP contribution >= 0.6 is 0 Å². The number of azo groups is 1. The number of benzene rings is 2. The van der Waals surface area contributed by atoms with Crippen LogP contribution in [0.3, 0.4) is 0 Å². The lowest BCUT2D eigenvalue weighted by Crippen LogP contribution is -2.31. The van der Waals surface area contributed by atoms with Crippen LogP contribution in [0.5, 0.6) is 5.75 Å². The number of nitrogens with one attached hydrogen (secondary N) is 1. The van der Waals surface area contributed by atoms with Crippen molar-refractivity contribution in [1.29, 1.82) is 0 Å². The molecule has 0 aliphatic heterocycles. The first-order valence-corrected chi connectivity index (χ1v) is 9.21. The summed E-state index contributed by atoms with van der Waals surface area (Å²) in [6.45, 7) is 1.05. The molecule has 152 valence electrons. The van der Waals surface area contributed by atoms with Gasteiger partial charge in [0.1, 0.15) is 10.6 Å². The van der Waals surface area contributed by atoms with Crippen molar-refractivity contribution in [1.82, 2.24) is 0 Å². The van der Waals surface area contributed by atoms with E-state index in [4.69, 9.17) is 4.55 Å². The van der Waals surface area contributed by atoms with Gasteiger partial charge in [0.2, 0.25) is 6.04 Å². The number of para-hydroxylation sites is 1.